The lowest BCUT2D eigenvalue weighted by Crippen LogP contribution is -2.36. The van der Waals surface area contributed by atoms with Gasteiger partial charge in [0.15, 0.2) is 0 Å². The third-order valence-electron chi connectivity index (χ3n) is 4.33. The maximum atomic E-state index is 14.7. The van der Waals surface area contributed by atoms with E-state index in [0.29, 0.717) is 54.8 Å². The van der Waals surface area contributed by atoms with Gasteiger partial charge in [-0.1, -0.05) is 6.07 Å². The van der Waals surface area contributed by atoms with Crippen LogP contribution in [0, 0.1) is 11.2 Å². The van der Waals surface area contributed by atoms with Gasteiger partial charge in [-0.2, -0.15) is 0 Å². The van der Waals surface area contributed by atoms with Crippen molar-refractivity contribution < 1.29 is 9.13 Å². The van der Waals surface area contributed by atoms with Crippen LogP contribution in [-0.2, 0) is 4.74 Å². The fourth-order valence-electron chi connectivity index (χ4n) is 3.00. The molecule has 1 aliphatic heterocycles. The molecule has 0 radical (unpaired) electrons. The first-order valence-electron chi connectivity index (χ1n) is 8.44. The van der Waals surface area contributed by atoms with Gasteiger partial charge in [0.25, 0.3) is 0 Å². The van der Waals surface area contributed by atoms with Crippen molar-refractivity contribution in [2.24, 2.45) is 0 Å². The Balaban J connectivity index is 1.97. The summed E-state index contributed by atoms with van der Waals surface area (Å²) < 4.78 is 20.0. The minimum absolute atomic E-state index is 0.172. The number of ether oxygens (including phenoxy) is 1. The van der Waals surface area contributed by atoms with E-state index >= 15 is 0 Å². The molecule has 1 fully saturated rings. The van der Waals surface area contributed by atoms with Crippen LogP contribution in [0.2, 0.25) is 0 Å². The summed E-state index contributed by atoms with van der Waals surface area (Å²) in [4.78, 5) is 12.2. The highest BCUT2D eigenvalue weighted by Gasteiger charge is 2.21. The van der Waals surface area contributed by atoms with E-state index in [2.05, 4.69) is 15.3 Å². The Labute approximate surface area is 152 Å². The van der Waals surface area contributed by atoms with E-state index in [-0.39, 0.29) is 11.5 Å². The van der Waals surface area contributed by atoms with E-state index in [1.54, 1.807) is 19.2 Å². The lowest BCUT2D eigenvalue weighted by molar-refractivity contribution is 0.122. The van der Waals surface area contributed by atoms with E-state index in [0.717, 1.165) is 0 Å². The Kier molecular flexibility index (Phi) is 5.32. The van der Waals surface area contributed by atoms with Gasteiger partial charge in [0.05, 0.1) is 30.2 Å². The molecule has 0 unspecified atom stereocenters. The zero-order chi connectivity index (χ0) is 18.7. The lowest BCUT2D eigenvalue weighted by Gasteiger charge is -2.29. The minimum atomic E-state index is -0.344. The Morgan fingerprint density at radius 2 is 2.00 bits per heavy atom. The summed E-state index contributed by atoms with van der Waals surface area (Å²) in [7, 11) is 5.43. The van der Waals surface area contributed by atoms with Gasteiger partial charge < -0.3 is 19.9 Å². The highest BCUT2D eigenvalue weighted by atomic mass is 19.1. The zero-order valence-corrected chi connectivity index (χ0v) is 15.2. The second-order valence-corrected chi connectivity index (χ2v) is 6.21. The molecule has 1 aliphatic rings. The summed E-state index contributed by atoms with van der Waals surface area (Å²) in [5, 5.41) is 11.6. The van der Waals surface area contributed by atoms with Crippen LogP contribution in [-0.4, -0.2) is 63.1 Å². The molecule has 8 heteroatoms. The van der Waals surface area contributed by atoms with Crippen molar-refractivity contribution in [2.75, 3.05) is 62.6 Å². The Morgan fingerprint density at radius 3 is 2.62 bits per heavy atom. The van der Waals surface area contributed by atoms with Crippen LogP contribution >= 0.6 is 0 Å². The predicted octanol–water partition coefficient (Wildman–Crippen LogP) is 1.98. The standard InChI is InChI=1S/C18H23FN6O/c1-21-17-15(18(24(2)3)23-11-22-17)16(20)12-4-5-14(13(19)10-12)25-6-8-26-9-7-25/h4-5,10-11,20H,6-9H2,1-3H3,(H,21,22,23). The van der Waals surface area contributed by atoms with E-state index in [1.165, 1.54) is 12.4 Å². The highest BCUT2D eigenvalue weighted by molar-refractivity contribution is 6.16. The number of morpholine rings is 1. The molecule has 138 valence electrons. The number of nitrogens with one attached hydrogen (secondary N) is 2. The zero-order valence-electron chi connectivity index (χ0n) is 15.2. The van der Waals surface area contributed by atoms with E-state index < -0.39 is 0 Å². The number of benzene rings is 1. The van der Waals surface area contributed by atoms with Gasteiger partial charge in [-0.25, -0.2) is 14.4 Å². The van der Waals surface area contributed by atoms with Crippen LogP contribution in [0.5, 0.6) is 0 Å². The normalized spacial score (nSPS) is 14.2. The number of nitrogens with zero attached hydrogens (tertiary/aromatic N) is 4. The van der Waals surface area contributed by atoms with Crippen molar-refractivity contribution in [3.05, 3.63) is 41.5 Å². The van der Waals surface area contributed by atoms with Crippen molar-refractivity contribution >= 4 is 23.0 Å². The van der Waals surface area contributed by atoms with Crippen molar-refractivity contribution in [2.45, 2.75) is 0 Å². The van der Waals surface area contributed by atoms with Gasteiger partial charge in [-0.15, -0.1) is 0 Å². The Morgan fingerprint density at radius 1 is 1.27 bits per heavy atom. The first-order chi connectivity index (χ1) is 12.5. The van der Waals surface area contributed by atoms with Crippen LogP contribution in [0.4, 0.5) is 21.7 Å². The maximum Gasteiger partial charge on any atom is 0.147 e. The van der Waals surface area contributed by atoms with Crippen LogP contribution in [0.3, 0.4) is 0 Å². The fourth-order valence-corrected chi connectivity index (χ4v) is 3.00. The summed E-state index contributed by atoms with van der Waals surface area (Å²) in [6, 6.07) is 4.89. The average molecular weight is 358 g/mol. The summed E-state index contributed by atoms with van der Waals surface area (Å²) in [5.41, 5.74) is 1.73. The van der Waals surface area contributed by atoms with E-state index in [4.69, 9.17) is 10.1 Å². The average Bonchev–Trinajstić information content (AvgIpc) is 2.67. The number of rotatable bonds is 5. The summed E-state index contributed by atoms with van der Waals surface area (Å²) in [6.07, 6.45) is 1.44. The van der Waals surface area contributed by atoms with E-state index in [9.17, 15) is 4.39 Å². The van der Waals surface area contributed by atoms with Crippen molar-refractivity contribution in [1.29, 1.82) is 5.41 Å². The molecule has 3 rings (SSSR count). The van der Waals surface area contributed by atoms with Gasteiger partial charge in [0.1, 0.15) is 23.8 Å². The molecule has 2 heterocycles. The van der Waals surface area contributed by atoms with Crippen LogP contribution in [0.1, 0.15) is 11.1 Å². The monoisotopic (exact) mass is 358 g/mol. The molecule has 1 aromatic carbocycles. The Bertz CT molecular complexity index is 804. The first-order valence-corrected chi connectivity index (χ1v) is 8.44. The predicted molar refractivity (Wildman–Crippen MR) is 101 cm³/mol. The SMILES string of the molecule is CNc1ncnc(N(C)C)c1C(=N)c1ccc(N2CCOCC2)c(F)c1. The molecule has 2 N–H and O–H groups in total. The molecular weight excluding hydrogens is 335 g/mol. The molecule has 0 aliphatic carbocycles. The third kappa shape index (κ3) is 3.45. The van der Waals surface area contributed by atoms with Crippen molar-refractivity contribution in [3.8, 4) is 0 Å². The van der Waals surface area contributed by atoms with Crippen molar-refractivity contribution in [1.82, 2.24) is 9.97 Å². The smallest absolute Gasteiger partial charge is 0.147 e. The molecule has 0 spiro atoms. The number of anilines is 3. The van der Waals surface area contributed by atoms with Crippen molar-refractivity contribution in [3.63, 3.8) is 0 Å². The number of hydrogen-bond acceptors (Lipinski definition) is 7. The largest absolute Gasteiger partial charge is 0.378 e. The molecule has 0 amide bonds. The minimum Gasteiger partial charge on any atom is -0.378 e. The third-order valence-corrected chi connectivity index (χ3v) is 4.33. The Hall–Kier alpha value is -2.74. The molecule has 1 saturated heterocycles. The second-order valence-electron chi connectivity index (χ2n) is 6.21. The molecule has 26 heavy (non-hydrogen) atoms. The number of hydrogen-bond donors (Lipinski definition) is 2. The van der Waals surface area contributed by atoms with Gasteiger partial charge in [0.2, 0.25) is 0 Å². The molecule has 0 bridgehead atoms. The summed E-state index contributed by atoms with van der Waals surface area (Å²) in [5.74, 6) is 0.793. The second kappa shape index (κ2) is 7.65. The quantitative estimate of drug-likeness (QED) is 0.796. The molecule has 2 aromatic rings. The molecular formula is C18H23FN6O. The topological polar surface area (TPSA) is 77.4 Å². The van der Waals surface area contributed by atoms with Crippen LogP contribution < -0.4 is 15.1 Å². The van der Waals surface area contributed by atoms with Gasteiger partial charge in [-0.05, 0) is 12.1 Å². The molecule has 0 atom stereocenters. The summed E-state index contributed by atoms with van der Waals surface area (Å²) in [6.45, 7) is 2.51. The maximum absolute atomic E-state index is 14.7. The molecule has 1 aromatic heterocycles. The molecule has 7 nitrogen and oxygen atoms in total. The van der Waals surface area contributed by atoms with Crippen LogP contribution in [0.25, 0.3) is 0 Å². The summed E-state index contributed by atoms with van der Waals surface area (Å²) >= 11 is 0. The van der Waals surface area contributed by atoms with Gasteiger partial charge >= 0.3 is 0 Å². The number of halogens is 1. The number of aromatic nitrogens is 2. The van der Waals surface area contributed by atoms with Crippen LogP contribution in [0.15, 0.2) is 24.5 Å². The highest BCUT2D eigenvalue weighted by Crippen LogP contribution is 2.27. The first kappa shape index (κ1) is 18.1. The van der Waals surface area contributed by atoms with Gasteiger partial charge in [-0.3, -0.25) is 5.41 Å². The van der Waals surface area contributed by atoms with E-state index in [1.807, 2.05) is 23.9 Å². The fraction of sp³-hybridized carbons (Fsp3) is 0.389. The van der Waals surface area contributed by atoms with Gasteiger partial charge in [0, 0.05) is 39.8 Å². The lowest BCUT2D eigenvalue weighted by atomic mass is 10.0. The molecule has 0 saturated carbocycles.